The van der Waals surface area contributed by atoms with E-state index in [1.807, 2.05) is 30.3 Å². The van der Waals surface area contributed by atoms with Gasteiger partial charge in [-0.25, -0.2) is 0 Å². The molecule has 3 aromatic rings. The predicted molar refractivity (Wildman–Crippen MR) is 90.0 cm³/mol. The first-order valence-corrected chi connectivity index (χ1v) is 8.04. The van der Waals surface area contributed by atoms with Gasteiger partial charge in [-0.05, 0) is 36.2 Å². The second-order valence-electron chi connectivity index (χ2n) is 5.67. The van der Waals surface area contributed by atoms with Crippen molar-refractivity contribution in [2.24, 2.45) is 0 Å². The summed E-state index contributed by atoms with van der Waals surface area (Å²) in [4.78, 5) is 12.3. The van der Waals surface area contributed by atoms with Crippen LogP contribution in [0.25, 0.3) is 11.3 Å². The summed E-state index contributed by atoms with van der Waals surface area (Å²) in [5.41, 5.74) is 2.79. The number of aromatic nitrogens is 2. The minimum absolute atomic E-state index is 0.0727. The maximum Gasteiger partial charge on any atom is 0.287 e. The fraction of sp³-hybridized carbons (Fsp3) is 0.167. The van der Waals surface area contributed by atoms with Crippen LogP contribution in [0.15, 0.2) is 53.2 Å². The van der Waals surface area contributed by atoms with E-state index in [2.05, 4.69) is 15.5 Å². The van der Waals surface area contributed by atoms with E-state index in [0.29, 0.717) is 23.1 Å². The van der Waals surface area contributed by atoms with Gasteiger partial charge in [-0.15, -0.1) is 0 Å². The molecule has 120 valence electrons. The maximum absolute atomic E-state index is 12.3. The Balaban J connectivity index is 1.82. The number of nitrogens with zero attached hydrogens (tertiary/aromatic N) is 2. The third-order valence-electron chi connectivity index (χ3n) is 4.20. The predicted octanol–water partition coefficient (Wildman–Crippen LogP) is 3.66. The number of nitrogens with one attached hydrogen (secondary N) is 1. The molecule has 1 atom stereocenters. The molecule has 1 aliphatic heterocycles. The number of amides is 1. The first kappa shape index (κ1) is 14.9. The van der Waals surface area contributed by atoms with Gasteiger partial charge in [0, 0.05) is 28.6 Å². The summed E-state index contributed by atoms with van der Waals surface area (Å²) in [6.45, 7) is 0.600. The smallest absolute Gasteiger partial charge is 0.287 e. The fourth-order valence-corrected chi connectivity index (χ4v) is 3.15. The van der Waals surface area contributed by atoms with E-state index in [-0.39, 0.29) is 11.8 Å². The van der Waals surface area contributed by atoms with Gasteiger partial charge in [-0.2, -0.15) is 10.2 Å². The van der Waals surface area contributed by atoms with Crippen molar-refractivity contribution < 1.29 is 9.21 Å². The van der Waals surface area contributed by atoms with Crippen LogP contribution in [-0.4, -0.2) is 22.6 Å². The molecule has 0 radical (unpaired) electrons. The second kappa shape index (κ2) is 6.09. The lowest BCUT2D eigenvalue weighted by atomic mass is 9.89. The number of carbonyl (C=O) groups is 1. The van der Waals surface area contributed by atoms with Gasteiger partial charge in [-0.3, -0.25) is 4.79 Å². The Bertz CT molecular complexity index is 875. The van der Waals surface area contributed by atoms with E-state index < -0.39 is 0 Å². The van der Waals surface area contributed by atoms with E-state index in [1.165, 1.54) is 0 Å². The molecule has 1 aliphatic rings. The standard InChI is InChI=1S/C18H14ClN3O2/c19-13-3-1-11(2-4-13)14-6-7-20-18(23)17-15(14)9-16(24-17)12-5-8-21-22-10-12/h1-5,8-10,14H,6-7H2,(H,20,23). The number of furan rings is 1. The fourth-order valence-electron chi connectivity index (χ4n) is 3.03. The quantitative estimate of drug-likeness (QED) is 0.773. The molecular formula is C18H14ClN3O2. The molecule has 1 N–H and O–H groups in total. The van der Waals surface area contributed by atoms with E-state index in [1.54, 1.807) is 18.5 Å². The van der Waals surface area contributed by atoms with Crippen molar-refractivity contribution in [1.29, 1.82) is 0 Å². The number of benzene rings is 1. The number of halogens is 1. The van der Waals surface area contributed by atoms with Crippen molar-refractivity contribution in [3.63, 3.8) is 0 Å². The molecule has 1 aromatic carbocycles. The Morgan fingerprint density at radius 2 is 2.00 bits per heavy atom. The van der Waals surface area contributed by atoms with Crippen LogP contribution in [0.3, 0.4) is 0 Å². The summed E-state index contributed by atoms with van der Waals surface area (Å²) in [6.07, 6.45) is 4.01. The number of hydrogen-bond acceptors (Lipinski definition) is 4. The monoisotopic (exact) mass is 339 g/mol. The minimum Gasteiger partial charge on any atom is -0.451 e. The Morgan fingerprint density at radius 1 is 1.17 bits per heavy atom. The van der Waals surface area contributed by atoms with Gasteiger partial charge in [0.15, 0.2) is 5.76 Å². The summed E-state index contributed by atoms with van der Waals surface area (Å²) >= 11 is 5.99. The highest BCUT2D eigenvalue weighted by Gasteiger charge is 2.29. The number of hydrogen-bond donors (Lipinski definition) is 1. The van der Waals surface area contributed by atoms with Gasteiger partial charge in [0.05, 0.1) is 12.4 Å². The van der Waals surface area contributed by atoms with E-state index >= 15 is 0 Å². The van der Waals surface area contributed by atoms with Crippen LogP contribution >= 0.6 is 11.6 Å². The van der Waals surface area contributed by atoms with E-state index in [9.17, 15) is 4.79 Å². The highest BCUT2D eigenvalue weighted by atomic mass is 35.5. The molecule has 0 aliphatic carbocycles. The lowest BCUT2D eigenvalue weighted by molar-refractivity contribution is 0.0929. The maximum atomic E-state index is 12.3. The van der Waals surface area contributed by atoms with Crippen LogP contribution in [0.2, 0.25) is 5.02 Å². The van der Waals surface area contributed by atoms with Crippen molar-refractivity contribution in [2.75, 3.05) is 6.54 Å². The molecule has 4 rings (SSSR count). The molecule has 1 unspecified atom stereocenters. The van der Waals surface area contributed by atoms with Crippen LogP contribution in [0.1, 0.15) is 34.0 Å². The molecule has 2 aromatic heterocycles. The van der Waals surface area contributed by atoms with Crippen molar-refractivity contribution in [2.45, 2.75) is 12.3 Å². The summed E-state index contributed by atoms with van der Waals surface area (Å²) < 4.78 is 5.85. The topological polar surface area (TPSA) is 68.0 Å². The van der Waals surface area contributed by atoms with E-state index in [4.69, 9.17) is 16.0 Å². The Morgan fingerprint density at radius 3 is 2.75 bits per heavy atom. The lowest BCUT2D eigenvalue weighted by Crippen LogP contribution is -2.22. The molecule has 24 heavy (non-hydrogen) atoms. The van der Waals surface area contributed by atoms with Gasteiger partial charge < -0.3 is 9.73 Å². The first-order valence-electron chi connectivity index (χ1n) is 7.67. The van der Waals surface area contributed by atoms with Crippen molar-refractivity contribution in [3.05, 3.63) is 70.7 Å². The SMILES string of the molecule is O=C1NCCC(c2ccc(Cl)cc2)c2cc(-c3ccnnc3)oc21. The molecule has 6 heteroatoms. The van der Waals surface area contributed by atoms with Crippen LogP contribution in [0.5, 0.6) is 0 Å². The zero-order valence-electron chi connectivity index (χ0n) is 12.7. The Hall–Kier alpha value is -2.66. The summed E-state index contributed by atoms with van der Waals surface area (Å²) in [5, 5.41) is 11.2. The number of carbonyl (C=O) groups excluding carboxylic acids is 1. The number of fused-ring (bicyclic) bond motifs is 1. The van der Waals surface area contributed by atoms with Gasteiger partial charge >= 0.3 is 0 Å². The zero-order chi connectivity index (χ0) is 16.5. The van der Waals surface area contributed by atoms with E-state index in [0.717, 1.165) is 23.1 Å². The Labute approximate surface area is 143 Å². The molecule has 1 amide bonds. The van der Waals surface area contributed by atoms with Crippen LogP contribution in [0, 0.1) is 0 Å². The highest BCUT2D eigenvalue weighted by Crippen LogP contribution is 2.37. The normalized spacial score (nSPS) is 17.0. The van der Waals surface area contributed by atoms with Crippen LogP contribution in [0.4, 0.5) is 0 Å². The molecule has 3 heterocycles. The summed E-state index contributed by atoms with van der Waals surface area (Å²) in [5.74, 6) is 0.864. The van der Waals surface area contributed by atoms with Crippen molar-refractivity contribution in [1.82, 2.24) is 15.5 Å². The minimum atomic E-state index is -0.185. The van der Waals surface area contributed by atoms with Gasteiger partial charge in [0.2, 0.25) is 0 Å². The summed E-state index contributed by atoms with van der Waals surface area (Å²) in [7, 11) is 0. The highest BCUT2D eigenvalue weighted by molar-refractivity contribution is 6.30. The lowest BCUT2D eigenvalue weighted by Gasteiger charge is -2.14. The third kappa shape index (κ3) is 2.67. The number of rotatable bonds is 2. The Kier molecular flexibility index (Phi) is 3.78. The van der Waals surface area contributed by atoms with Crippen LogP contribution in [-0.2, 0) is 0 Å². The average Bonchev–Trinajstić information content (AvgIpc) is 2.99. The second-order valence-corrected chi connectivity index (χ2v) is 6.11. The third-order valence-corrected chi connectivity index (χ3v) is 4.45. The molecule has 0 spiro atoms. The molecular weight excluding hydrogens is 326 g/mol. The molecule has 5 nitrogen and oxygen atoms in total. The first-order chi connectivity index (χ1) is 11.7. The molecule has 0 bridgehead atoms. The molecule has 0 fully saturated rings. The zero-order valence-corrected chi connectivity index (χ0v) is 13.5. The van der Waals surface area contributed by atoms with Crippen LogP contribution < -0.4 is 5.32 Å². The van der Waals surface area contributed by atoms with Gasteiger partial charge in [0.1, 0.15) is 5.76 Å². The average molecular weight is 340 g/mol. The van der Waals surface area contributed by atoms with Gasteiger partial charge in [0.25, 0.3) is 5.91 Å². The largest absolute Gasteiger partial charge is 0.451 e. The molecule has 0 saturated carbocycles. The van der Waals surface area contributed by atoms with Crippen molar-refractivity contribution >= 4 is 17.5 Å². The molecule has 0 saturated heterocycles. The van der Waals surface area contributed by atoms with Crippen molar-refractivity contribution in [3.8, 4) is 11.3 Å². The van der Waals surface area contributed by atoms with Gasteiger partial charge in [-0.1, -0.05) is 23.7 Å². The summed E-state index contributed by atoms with van der Waals surface area (Å²) in [6, 6.07) is 11.5.